The highest BCUT2D eigenvalue weighted by atomic mass is 16.5. The van der Waals surface area contributed by atoms with Crippen LogP contribution in [-0.2, 0) is 16.1 Å². The molecule has 27 heavy (non-hydrogen) atoms. The fourth-order valence-corrected chi connectivity index (χ4v) is 2.75. The van der Waals surface area contributed by atoms with Crippen molar-refractivity contribution in [2.75, 3.05) is 32.6 Å². The molecule has 6 heteroatoms. The van der Waals surface area contributed by atoms with Crippen LogP contribution in [0.3, 0.4) is 0 Å². The highest BCUT2D eigenvalue weighted by Crippen LogP contribution is 2.17. The summed E-state index contributed by atoms with van der Waals surface area (Å²) >= 11 is 0. The van der Waals surface area contributed by atoms with Crippen molar-refractivity contribution in [3.05, 3.63) is 59.2 Å². The molecule has 1 unspecified atom stereocenters. The predicted octanol–water partition coefficient (Wildman–Crippen LogP) is 1.83. The van der Waals surface area contributed by atoms with Gasteiger partial charge in [0, 0.05) is 11.3 Å². The van der Waals surface area contributed by atoms with Crippen LogP contribution >= 0.6 is 0 Å². The third kappa shape index (κ3) is 6.11. The Morgan fingerprint density at radius 2 is 1.81 bits per heavy atom. The van der Waals surface area contributed by atoms with Crippen LogP contribution < -0.4 is 15.0 Å². The summed E-state index contributed by atoms with van der Waals surface area (Å²) in [6.45, 7) is 5.51. The van der Waals surface area contributed by atoms with E-state index in [4.69, 9.17) is 9.47 Å². The number of esters is 1. The first-order chi connectivity index (χ1) is 12.9. The third-order valence-electron chi connectivity index (χ3n) is 4.14. The molecule has 0 aromatic heterocycles. The van der Waals surface area contributed by atoms with Gasteiger partial charge in [-0.15, -0.1) is 0 Å². The normalized spacial score (nSPS) is 11.6. The molecule has 0 saturated carbocycles. The van der Waals surface area contributed by atoms with Crippen molar-refractivity contribution in [2.24, 2.45) is 0 Å². The molecule has 6 nitrogen and oxygen atoms in total. The molecule has 0 fully saturated rings. The summed E-state index contributed by atoms with van der Waals surface area (Å²) in [5, 5.41) is 2.88. The van der Waals surface area contributed by atoms with E-state index in [9.17, 15) is 9.59 Å². The van der Waals surface area contributed by atoms with Crippen LogP contribution in [0.1, 0.15) is 28.4 Å². The molecule has 2 aromatic carbocycles. The quantitative estimate of drug-likeness (QED) is 0.695. The number of benzene rings is 2. The molecule has 0 saturated heterocycles. The van der Waals surface area contributed by atoms with Crippen LogP contribution in [0.5, 0.6) is 5.75 Å². The summed E-state index contributed by atoms with van der Waals surface area (Å²) in [5.41, 5.74) is 3.05. The fourth-order valence-electron chi connectivity index (χ4n) is 2.75. The van der Waals surface area contributed by atoms with E-state index in [2.05, 4.69) is 5.32 Å². The van der Waals surface area contributed by atoms with E-state index in [-0.39, 0.29) is 5.91 Å². The Labute approximate surface area is 160 Å². The van der Waals surface area contributed by atoms with Crippen molar-refractivity contribution in [3.63, 3.8) is 0 Å². The zero-order valence-electron chi connectivity index (χ0n) is 16.3. The standard InChI is InChI=1S/C21H26N2O4/c1-5-27-18-10-7-16(8-11-18)13-23(3)14-20(24)22-19-12-17(21(25)26-4)9-6-15(19)2/h6-12H,5,13-14H2,1-4H3,(H,22,24)/p+1. The number of methoxy groups -OCH3 is 1. The molecule has 2 aromatic rings. The van der Waals surface area contributed by atoms with Gasteiger partial charge in [0.25, 0.3) is 5.91 Å². The first kappa shape index (κ1) is 20.5. The first-order valence-electron chi connectivity index (χ1n) is 8.94. The lowest BCUT2D eigenvalue weighted by molar-refractivity contribution is -0.885. The Balaban J connectivity index is 1.93. The molecule has 1 atom stereocenters. The van der Waals surface area contributed by atoms with Gasteiger partial charge in [-0.2, -0.15) is 0 Å². The SMILES string of the molecule is CCOc1ccc(C[NH+](C)CC(=O)Nc2cc(C(=O)OC)ccc2C)cc1. The first-order valence-corrected chi connectivity index (χ1v) is 8.94. The fraction of sp³-hybridized carbons (Fsp3) is 0.333. The number of carbonyl (C=O) groups is 2. The number of quaternary nitrogens is 1. The van der Waals surface area contributed by atoms with Gasteiger partial charge in [-0.25, -0.2) is 4.79 Å². The minimum absolute atomic E-state index is 0.108. The van der Waals surface area contributed by atoms with Gasteiger partial charge in [0.05, 0.1) is 26.3 Å². The van der Waals surface area contributed by atoms with Gasteiger partial charge in [0.2, 0.25) is 0 Å². The highest BCUT2D eigenvalue weighted by molar-refractivity contribution is 5.95. The van der Waals surface area contributed by atoms with E-state index in [1.54, 1.807) is 18.2 Å². The number of ether oxygens (including phenoxy) is 2. The monoisotopic (exact) mass is 371 g/mol. The average Bonchev–Trinajstić information content (AvgIpc) is 2.64. The number of rotatable bonds is 8. The number of amides is 1. The van der Waals surface area contributed by atoms with E-state index in [1.807, 2.05) is 45.2 Å². The van der Waals surface area contributed by atoms with Crippen LogP contribution in [0.25, 0.3) is 0 Å². The zero-order chi connectivity index (χ0) is 19.8. The second kappa shape index (κ2) is 9.73. The molecular weight excluding hydrogens is 344 g/mol. The molecule has 0 bridgehead atoms. The molecule has 0 spiro atoms. The lowest BCUT2D eigenvalue weighted by atomic mass is 10.1. The van der Waals surface area contributed by atoms with E-state index in [1.165, 1.54) is 7.11 Å². The molecule has 2 rings (SSSR count). The Bertz CT molecular complexity index is 787. The smallest absolute Gasteiger partial charge is 0.337 e. The molecular formula is C21H27N2O4+. The molecule has 0 radical (unpaired) electrons. The lowest BCUT2D eigenvalue weighted by Crippen LogP contribution is -3.08. The zero-order valence-corrected chi connectivity index (χ0v) is 16.3. The maximum atomic E-state index is 12.4. The predicted molar refractivity (Wildman–Crippen MR) is 104 cm³/mol. The maximum absolute atomic E-state index is 12.4. The van der Waals surface area contributed by atoms with Crippen molar-refractivity contribution in [1.82, 2.24) is 0 Å². The van der Waals surface area contributed by atoms with E-state index >= 15 is 0 Å². The number of likely N-dealkylation sites (N-methyl/N-ethyl adjacent to an activating group) is 1. The van der Waals surface area contributed by atoms with Gasteiger partial charge in [-0.3, -0.25) is 4.79 Å². The number of carbonyl (C=O) groups excluding carboxylic acids is 2. The second-order valence-electron chi connectivity index (χ2n) is 6.46. The van der Waals surface area contributed by atoms with Gasteiger partial charge >= 0.3 is 5.97 Å². The van der Waals surface area contributed by atoms with Crippen LogP contribution in [0.2, 0.25) is 0 Å². The van der Waals surface area contributed by atoms with Crippen molar-refractivity contribution >= 4 is 17.6 Å². The second-order valence-corrected chi connectivity index (χ2v) is 6.46. The van der Waals surface area contributed by atoms with Gasteiger partial charge in [-0.05, 0) is 55.8 Å². The molecule has 1 amide bonds. The van der Waals surface area contributed by atoms with Crippen LogP contribution in [0.15, 0.2) is 42.5 Å². The van der Waals surface area contributed by atoms with Crippen molar-refractivity contribution in [1.29, 1.82) is 0 Å². The number of hydrogen-bond donors (Lipinski definition) is 2. The van der Waals surface area contributed by atoms with Gasteiger partial charge < -0.3 is 19.7 Å². The summed E-state index contributed by atoms with van der Waals surface area (Å²) in [6, 6.07) is 13.0. The summed E-state index contributed by atoms with van der Waals surface area (Å²) in [6.07, 6.45) is 0. The molecule has 144 valence electrons. The van der Waals surface area contributed by atoms with Gasteiger partial charge in [0.1, 0.15) is 12.3 Å². The summed E-state index contributed by atoms with van der Waals surface area (Å²) in [4.78, 5) is 25.1. The van der Waals surface area contributed by atoms with Crippen LogP contribution in [0.4, 0.5) is 5.69 Å². The summed E-state index contributed by atoms with van der Waals surface area (Å²) < 4.78 is 10.2. The van der Waals surface area contributed by atoms with Crippen LogP contribution in [0, 0.1) is 6.92 Å². The third-order valence-corrected chi connectivity index (χ3v) is 4.14. The molecule has 2 N–H and O–H groups in total. The maximum Gasteiger partial charge on any atom is 0.337 e. The molecule has 0 aliphatic rings. The van der Waals surface area contributed by atoms with E-state index in [0.717, 1.165) is 28.3 Å². The Morgan fingerprint density at radius 1 is 1.11 bits per heavy atom. The largest absolute Gasteiger partial charge is 0.494 e. The number of hydrogen-bond acceptors (Lipinski definition) is 4. The Hall–Kier alpha value is -2.86. The van der Waals surface area contributed by atoms with E-state index < -0.39 is 5.97 Å². The number of nitrogens with one attached hydrogen (secondary N) is 2. The average molecular weight is 371 g/mol. The Morgan fingerprint density at radius 3 is 2.44 bits per heavy atom. The Kier molecular flexibility index (Phi) is 7.37. The van der Waals surface area contributed by atoms with Crippen LogP contribution in [-0.4, -0.2) is 39.2 Å². The minimum Gasteiger partial charge on any atom is -0.494 e. The van der Waals surface area contributed by atoms with Crippen molar-refractivity contribution in [3.8, 4) is 5.75 Å². The lowest BCUT2D eigenvalue weighted by Gasteiger charge is -2.15. The molecule has 0 aliphatic heterocycles. The molecule has 0 heterocycles. The minimum atomic E-state index is -0.427. The van der Waals surface area contributed by atoms with Crippen molar-refractivity contribution < 1.29 is 24.0 Å². The van der Waals surface area contributed by atoms with Gasteiger partial charge in [0.15, 0.2) is 6.54 Å². The highest BCUT2D eigenvalue weighted by Gasteiger charge is 2.14. The van der Waals surface area contributed by atoms with E-state index in [0.29, 0.717) is 24.4 Å². The topological polar surface area (TPSA) is 69.1 Å². The van der Waals surface area contributed by atoms with Crippen molar-refractivity contribution in [2.45, 2.75) is 20.4 Å². The van der Waals surface area contributed by atoms with Gasteiger partial charge in [-0.1, -0.05) is 6.07 Å². The summed E-state index contributed by atoms with van der Waals surface area (Å²) in [7, 11) is 3.30. The number of aryl methyl sites for hydroxylation is 1. The molecule has 0 aliphatic carbocycles. The summed E-state index contributed by atoms with van der Waals surface area (Å²) in [5.74, 6) is 0.310. The number of anilines is 1.